The number of nitrogens with zero attached hydrogens (tertiary/aromatic N) is 5. The zero-order chi connectivity index (χ0) is 25.9. The highest BCUT2D eigenvalue weighted by atomic mass is 35.5. The molecule has 3 aromatic carbocycles. The van der Waals surface area contributed by atoms with Crippen LogP contribution in [0.15, 0.2) is 66.9 Å². The highest BCUT2D eigenvalue weighted by Gasteiger charge is 2.29. The zero-order valence-corrected chi connectivity index (χ0v) is 20.1. The maximum Gasteiger partial charge on any atom is 0.231 e. The lowest BCUT2D eigenvalue weighted by atomic mass is 10.0. The van der Waals surface area contributed by atoms with E-state index in [0.717, 1.165) is 11.1 Å². The summed E-state index contributed by atoms with van der Waals surface area (Å²) in [5.74, 6) is -0.478. The Morgan fingerprint density at radius 2 is 1.89 bits per heavy atom. The number of carbonyl (C=O) groups is 1. The molecule has 0 atom stereocenters. The summed E-state index contributed by atoms with van der Waals surface area (Å²) in [6.45, 7) is 0.471. The summed E-state index contributed by atoms with van der Waals surface area (Å²) in [4.78, 5) is 23.5. The van der Waals surface area contributed by atoms with E-state index in [0.29, 0.717) is 46.2 Å². The number of hydrogen-bond acceptors (Lipinski definition) is 6. The number of aromatic nitrogens is 2. The van der Waals surface area contributed by atoms with Gasteiger partial charge >= 0.3 is 0 Å². The Bertz CT molecular complexity index is 1620. The van der Waals surface area contributed by atoms with Crippen LogP contribution in [0.25, 0.3) is 11.3 Å². The van der Waals surface area contributed by atoms with Crippen molar-refractivity contribution >= 4 is 34.8 Å². The molecule has 1 N–H and O–H groups in total. The van der Waals surface area contributed by atoms with Gasteiger partial charge in [-0.15, -0.1) is 0 Å². The van der Waals surface area contributed by atoms with Crippen molar-refractivity contribution in [1.82, 2.24) is 9.97 Å². The minimum atomic E-state index is -0.607. The van der Waals surface area contributed by atoms with Crippen LogP contribution in [0.2, 0.25) is 5.02 Å². The van der Waals surface area contributed by atoms with E-state index in [9.17, 15) is 14.4 Å². The van der Waals surface area contributed by atoms with Gasteiger partial charge in [0.1, 0.15) is 18.0 Å². The van der Waals surface area contributed by atoms with E-state index in [4.69, 9.17) is 16.9 Å². The average molecular weight is 509 g/mol. The van der Waals surface area contributed by atoms with Crippen LogP contribution in [0.4, 0.5) is 21.7 Å². The van der Waals surface area contributed by atoms with E-state index >= 15 is 0 Å². The lowest BCUT2D eigenvalue weighted by Crippen LogP contribution is -2.31. The number of benzene rings is 3. The van der Waals surface area contributed by atoms with E-state index in [2.05, 4.69) is 21.4 Å². The lowest BCUT2D eigenvalue weighted by Gasteiger charge is -2.19. The lowest BCUT2D eigenvalue weighted by molar-refractivity contribution is -0.117. The molecule has 0 fully saturated rings. The number of fused-ring (bicyclic) bond motifs is 1. The largest absolute Gasteiger partial charge is 0.324 e. The fourth-order valence-corrected chi connectivity index (χ4v) is 4.53. The molecule has 9 heteroatoms. The predicted molar refractivity (Wildman–Crippen MR) is 138 cm³/mol. The molecule has 5 rings (SSSR count). The van der Waals surface area contributed by atoms with Crippen molar-refractivity contribution in [2.24, 2.45) is 0 Å². The molecule has 1 aliphatic rings. The van der Waals surface area contributed by atoms with E-state index in [-0.39, 0.29) is 23.8 Å². The molecular weight excluding hydrogens is 491 g/mol. The molecule has 37 heavy (non-hydrogen) atoms. The SMILES string of the molecule is N#Cc1cc(Nc2nccc(-c3cc(C#N)c4c(c3)CCN4C(=O)Cc3ccccc3Cl)n2)ccc1F. The fraction of sp³-hybridized carbons (Fsp3) is 0.107. The molecule has 2 heterocycles. The van der Waals surface area contributed by atoms with E-state index in [1.807, 2.05) is 24.3 Å². The summed E-state index contributed by atoms with van der Waals surface area (Å²) in [5.41, 5.74) is 4.27. The van der Waals surface area contributed by atoms with Crippen molar-refractivity contribution in [2.45, 2.75) is 12.8 Å². The van der Waals surface area contributed by atoms with E-state index < -0.39 is 5.82 Å². The molecule has 0 aliphatic carbocycles. The predicted octanol–water partition coefficient (Wildman–Crippen LogP) is 5.55. The van der Waals surface area contributed by atoms with Crippen LogP contribution >= 0.6 is 11.6 Å². The minimum Gasteiger partial charge on any atom is -0.324 e. The third-order valence-electron chi connectivity index (χ3n) is 6.08. The van der Waals surface area contributed by atoms with Crippen molar-refractivity contribution in [3.8, 4) is 23.4 Å². The monoisotopic (exact) mass is 508 g/mol. The number of nitriles is 2. The summed E-state index contributed by atoms with van der Waals surface area (Å²) in [5, 5.41) is 22.5. The number of amides is 1. The highest BCUT2D eigenvalue weighted by Crippen LogP contribution is 2.36. The Balaban J connectivity index is 1.43. The van der Waals surface area contributed by atoms with Gasteiger partial charge in [0.25, 0.3) is 0 Å². The number of rotatable bonds is 5. The van der Waals surface area contributed by atoms with Crippen molar-refractivity contribution in [3.05, 3.63) is 100.0 Å². The molecule has 4 aromatic rings. The normalized spacial score (nSPS) is 11.9. The molecule has 0 bridgehead atoms. The van der Waals surface area contributed by atoms with Gasteiger partial charge in [-0.3, -0.25) is 4.79 Å². The van der Waals surface area contributed by atoms with Crippen LogP contribution in [0.5, 0.6) is 0 Å². The zero-order valence-electron chi connectivity index (χ0n) is 19.4. The molecule has 0 saturated heterocycles. The third kappa shape index (κ3) is 4.84. The van der Waals surface area contributed by atoms with Crippen LogP contribution in [0.1, 0.15) is 22.3 Å². The van der Waals surface area contributed by atoms with Crippen molar-refractivity contribution < 1.29 is 9.18 Å². The molecule has 180 valence electrons. The molecule has 0 saturated carbocycles. The van der Waals surface area contributed by atoms with Gasteiger partial charge in [-0.1, -0.05) is 29.8 Å². The molecule has 1 amide bonds. The molecular formula is C28H18ClFN6O. The standard InChI is InChI=1S/C28H18ClFN6O/c29-23-4-2-1-3-17(23)14-26(37)36-10-8-18-11-19(12-21(16-32)27(18)36)25-7-9-33-28(35-25)34-22-5-6-24(30)20(13-22)15-31/h1-7,9,11-13H,8,10,14H2,(H,33,34,35). The number of halogens is 2. The van der Waals surface area contributed by atoms with Gasteiger partial charge in [-0.05, 0) is 60.0 Å². The Morgan fingerprint density at radius 3 is 2.68 bits per heavy atom. The quantitative estimate of drug-likeness (QED) is 0.378. The number of hydrogen-bond donors (Lipinski definition) is 1. The van der Waals surface area contributed by atoms with Crippen molar-refractivity contribution in [3.63, 3.8) is 0 Å². The van der Waals surface area contributed by atoms with Crippen molar-refractivity contribution in [2.75, 3.05) is 16.8 Å². The second kappa shape index (κ2) is 10.1. The smallest absolute Gasteiger partial charge is 0.231 e. The van der Waals surface area contributed by atoms with Crippen LogP contribution < -0.4 is 10.2 Å². The summed E-state index contributed by atoms with van der Waals surface area (Å²) in [6.07, 6.45) is 2.32. The fourth-order valence-electron chi connectivity index (χ4n) is 4.33. The van der Waals surface area contributed by atoms with Gasteiger partial charge < -0.3 is 10.2 Å². The Hall–Kier alpha value is -4.79. The van der Waals surface area contributed by atoms with Crippen LogP contribution in [0.3, 0.4) is 0 Å². The number of carbonyl (C=O) groups excluding carboxylic acids is 1. The maximum absolute atomic E-state index is 13.6. The highest BCUT2D eigenvalue weighted by molar-refractivity contribution is 6.31. The summed E-state index contributed by atoms with van der Waals surface area (Å²) < 4.78 is 13.6. The van der Waals surface area contributed by atoms with Crippen LogP contribution in [-0.4, -0.2) is 22.4 Å². The van der Waals surface area contributed by atoms with E-state index in [1.165, 1.54) is 18.2 Å². The first-order valence-corrected chi connectivity index (χ1v) is 11.8. The molecule has 1 aliphatic heterocycles. The average Bonchev–Trinajstić information content (AvgIpc) is 3.35. The number of nitrogens with one attached hydrogen (secondary N) is 1. The second-order valence-corrected chi connectivity index (χ2v) is 8.81. The first-order chi connectivity index (χ1) is 18.0. The Morgan fingerprint density at radius 1 is 1.08 bits per heavy atom. The van der Waals surface area contributed by atoms with Gasteiger partial charge in [0.2, 0.25) is 11.9 Å². The molecule has 0 spiro atoms. The molecule has 0 unspecified atom stereocenters. The molecule has 0 radical (unpaired) electrons. The molecule has 1 aromatic heterocycles. The van der Waals surface area contributed by atoms with Gasteiger partial charge in [0.15, 0.2) is 0 Å². The van der Waals surface area contributed by atoms with Gasteiger partial charge in [-0.2, -0.15) is 10.5 Å². The van der Waals surface area contributed by atoms with Crippen LogP contribution in [-0.2, 0) is 17.6 Å². The summed E-state index contributed by atoms with van der Waals surface area (Å²) in [7, 11) is 0. The van der Waals surface area contributed by atoms with E-state index in [1.54, 1.807) is 35.4 Å². The Kier molecular flexibility index (Phi) is 6.51. The number of anilines is 3. The van der Waals surface area contributed by atoms with Gasteiger partial charge in [0.05, 0.1) is 28.9 Å². The third-order valence-corrected chi connectivity index (χ3v) is 6.45. The second-order valence-electron chi connectivity index (χ2n) is 8.40. The maximum atomic E-state index is 13.6. The molecule has 7 nitrogen and oxygen atoms in total. The summed E-state index contributed by atoms with van der Waals surface area (Å²) in [6, 6.07) is 20.7. The summed E-state index contributed by atoms with van der Waals surface area (Å²) >= 11 is 6.24. The Labute approximate surface area is 217 Å². The first-order valence-electron chi connectivity index (χ1n) is 11.4. The topological polar surface area (TPSA) is 106 Å². The minimum absolute atomic E-state index is 0.0907. The van der Waals surface area contributed by atoms with Gasteiger partial charge in [-0.25, -0.2) is 14.4 Å². The first kappa shape index (κ1) is 23.9. The van der Waals surface area contributed by atoms with Crippen LogP contribution in [0, 0.1) is 28.5 Å². The van der Waals surface area contributed by atoms with Gasteiger partial charge in [0, 0.05) is 29.0 Å². The van der Waals surface area contributed by atoms with Crippen molar-refractivity contribution in [1.29, 1.82) is 10.5 Å².